The molecule has 4 nitrogen and oxygen atoms in total. The van der Waals surface area contributed by atoms with Crippen LogP contribution in [-0.4, -0.2) is 26.2 Å². The van der Waals surface area contributed by atoms with Gasteiger partial charge in [-0.3, -0.25) is 4.79 Å². The fourth-order valence-electron chi connectivity index (χ4n) is 0.554. The normalized spacial score (nSPS) is 13.9. The Balaban J connectivity index is 4.02. The van der Waals surface area contributed by atoms with Gasteiger partial charge in [-0.05, 0) is 13.8 Å². The predicted octanol–water partition coefficient (Wildman–Crippen LogP) is 0.897. The van der Waals surface area contributed by atoms with Crippen molar-refractivity contribution < 1.29 is 17.9 Å². The lowest BCUT2D eigenvalue weighted by Crippen LogP contribution is -2.18. The standard InChI is InChI=1S/C6H11ClO4S/c1-3-11-6(8)4-5(2)12(7,9)10/h5H,3-4H2,1-2H3. The lowest BCUT2D eigenvalue weighted by molar-refractivity contribution is -0.143. The van der Waals surface area contributed by atoms with E-state index in [-0.39, 0.29) is 13.0 Å². The highest BCUT2D eigenvalue weighted by Crippen LogP contribution is 2.10. The van der Waals surface area contributed by atoms with Gasteiger partial charge in [0.1, 0.15) is 0 Å². The molecule has 0 aliphatic heterocycles. The van der Waals surface area contributed by atoms with Crippen molar-refractivity contribution in [1.82, 2.24) is 0 Å². The number of carbonyl (C=O) groups is 1. The zero-order valence-corrected chi connectivity index (χ0v) is 8.48. The summed E-state index contributed by atoms with van der Waals surface area (Å²) < 4.78 is 25.8. The lowest BCUT2D eigenvalue weighted by atomic mass is 10.3. The predicted molar refractivity (Wildman–Crippen MR) is 45.5 cm³/mol. The van der Waals surface area contributed by atoms with Crippen molar-refractivity contribution in [2.75, 3.05) is 6.61 Å². The molecule has 0 rings (SSSR count). The van der Waals surface area contributed by atoms with Crippen molar-refractivity contribution in [1.29, 1.82) is 0 Å². The van der Waals surface area contributed by atoms with Crippen LogP contribution in [-0.2, 0) is 18.6 Å². The van der Waals surface area contributed by atoms with E-state index >= 15 is 0 Å². The van der Waals surface area contributed by atoms with Crippen molar-refractivity contribution in [2.24, 2.45) is 0 Å². The van der Waals surface area contributed by atoms with Crippen molar-refractivity contribution in [3.63, 3.8) is 0 Å². The maximum Gasteiger partial charge on any atom is 0.307 e. The molecule has 1 unspecified atom stereocenters. The molecule has 0 heterocycles. The van der Waals surface area contributed by atoms with Gasteiger partial charge in [-0.15, -0.1) is 0 Å². The maximum absolute atomic E-state index is 10.8. The number of hydrogen-bond donors (Lipinski definition) is 0. The Morgan fingerprint density at radius 3 is 2.42 bits per heavy atom. The second kappa shape index (κ2) is 4.67. The van der Waals surface area contributed by atoms with E-state index in [9.17, 15) is 13.2 Å². The molecule has 0 amide bonds. The molecular formula is C6H11ClO4S. The van der Waals surface area contributed by atoms with Gasteiger partial charge in [0.15, 0.2) is 0 Å². The summed E-state index contributed by atoms with van der Waals surface area (Å²) in [5.41, 5.74) is 0. The molecular weight excluding hydrogens is 204 g/mol. The Morgan fingerprint density at radius 1 is 1.58 bits per heavy atom. The first-order chi connectivity index (χ1) is 5.38. The van der Waals surface area contributed by atoms with Crippen LogP contribution in [0.15, 0.2) is 0 Å². The third kappa shape index (κ3) is 4.56. The van der Waals surface area contributed by atoms with Crippen LogP contribution in [0, 0.1) is 0 Å². The molecule has 0 fully saturated rings. The van der Waals surface area contributed by atoms with Crippen LogP contribution in [0.4, 0.5) is 0 Å². The Morgan fingerprint density at radius 2 is 2.08 bits per heavy atom. The monoisotopic (exact) mass is 214 g/mol. The summed E-state index contributed by atoms with van der Waals surface area (Å²) in [6.07, 6.45) is -0.195. The topological polar surface area (TPSA) is 60.4 Å². The van der Waals surface area contributed by atoms with Gasteiger partial charge < -0.3 is 4.74 Å². The van der Waals surface area contributed by atoms with Crippen LogP contribution in [0.5, 0.6) is 0 Å². The van der Waals surface area contributed by atoms with Crippen LogP contribution >= 0.6 is 10.7 Å². The fraction of sp³-hybridized carbons (Fsp3) is 0.833. The van der Waals surface area contributed by atoms with Gasteiger partial charge in [-0.2, -0.15) is 0 Å². The van der Waals surface area contributed by atoms with Crippen LogP contribution in [0.3, 0.4) is 0 Å². The molecule has 0 spiro atoms. The Bertz CT molecular complexity index is 246. The zero-order chi connectivity index (χ0) is 9.78. The molecule has 0 saturated heterocycles. The van der Waals surface area contributed by atoms with Crippen molar-refractivity contribution in [2.45, 2.75) is 25.5 Å². The van der Waals surface area contributed by atoms with Gasteiger partial charge in [0.2, 0.25) is 9.05 Å². The number of ether oxygens (including phenoxy) is 1. The number of carbonyl (C=O) groups excluding carboxylic acids is 1. The second-order valence-corrected chi connectivity index (χ2v) is 5.34. The fourth-order valence-corrected chi connectivity index (χ4v) is 1.08. The smallest absolute Gasteiger partial charge is 0.307 e. The van der Waals surface area contributed by atoms with Crippen LogP contribution < -0.4 is 0 Å². The third-order valence-corrected chi connectivity index (χ3v) is 3.28. The molecule has 12 heavy (non-hydrogen) atoms. The lowest BCUT2D eigenvalue weighted by Gasteiger charge is -2.05. The van der Waals surface area contributed by atoms with Gasteiger partial charge in [0, 0.05) is 10.7 Å². The summed E-state index contributed by atoms with van der Waals surface area (Å²) in [4.78, 5) is 10.8. The van der Waals surface area contributed by atoms with Crippen LogP contribution in [0.25, 0.3) is 0 Å². The first-order valence-electron chi connectivity index (χ1n) is 3.47. The number of rotatable bonds is 4. The highest BCUT2D eigenvalue weighted by atomic mass is 35.7. The average Bonchev–Trinajstić information content (AvgIpc) is 1.85. The molecule has 0 aromatic carbocycles. The summed E-state index contributed by atoms with van der Waals surface area (Å²) >= 11 is 0. The summed E-state index contributed by atoms with van der Waals surface area (Å²) in [7, 11) is 1.35. The number of halogens is 1. The minimum atomic E-state index is -3.64. The molecule has 1 atom stereocenters. The van der Waals surface area contributed by atoms with Crippen molar-refractivity contribution in [3.05, 3.63) is 0 Å². The Hall–Kier alpha value is -0.290. The first kappa shape index (κ1) is 11.7. The zero-order valence-electron chi connectivity index (χ0n) is 6.91. The van der Waals surface area contributed by atoms with E-state index < -0.39 is 20.3 Å². The summed E-state index contributed by atoms with van der Waals surface area (Å²) in [5.74, 6) is -0.547. The summed E-state index contributed by atoms with van der Waals surface area (Å²) in [5, 5.41) is -0.891. The third-order valence-electron chi connectivity index (χ3n) is 1.24. The number of hydrogen-bond acceptors (Lipinski definition) is 4. The molecule has 0 bridgehead atoms. The first-order valence-corrected chi connectivity index (χ1v) is 5.84. The van der Waals surface area contributed by atoms with Gasteiger partial charge in [-0.25, -0.2) is 8.42 Å². The van der Waals surface area contributed by atoms with Crippen molar-refractivity contribution in [3.8, 4) is 0 Å². The van der Waals surface area contributed by atoms with Gasteiger partial charge in [-0.1, -0.05) is 0 Å². The Kier molecular flexibility index (Phi) is 4.55. The van der Waals surface area contributed by atoms with E-state index in [2.05, 4.69) is 4.74 Å². The van der Waals surface area contributed by atoms with Crippen LogP contribution in [0.1, 0.15) is 20.3 Å². The average molecular weight is 215 g/mol. The minimum Gasteiger partial charge on any atom is -0.466 e. The molecule has 72 valence electrons. The van der Waals surface area contributed by atoms with E-state index in [1.165, 1.54) is 6.92 Å². The van der Waals surface area contributed by atoms with E-state index in [1.807, 2.05) is 0 Å². The van der Waals surface area contributed by atoms with Gasteiger partial charge >= 0.3 is 5.97 Å². The Labute approximate surface area is 76.3 Å². The minimum absolute atomic E-state index is 0.195. The van der Waals surface area contributed by atoms with Crippen LogP contribution in [0.2, 0.25) is 0 Å². The van der Waals surface area contributed by atoms with Gasteiger partial charge in [0.05, 0.1) is 18.3 Å². The summed E-state index contributed by atoms with van der Waals surface area (Å²) in [6, 6.07) is 0. The SMILES string of the molecule is CCOC(=O)CC(C)S(=O)(=O)Cl. The highest BCUT2D eigenvalue weighted by Gasteiger charge is 2.21. The molecule has 0 aliphatic carbocycles. The van der Waals surface area contributed by atoms with E-state index in [1.54, 1.807) is 6.92 Å². The molecule has 0 saturated carbocycles. The maximum atomic E-state index is 10.8. The molecule has 0 N–H and O–H groups in total. The molecule has 0 radical (unpaired) electrons. The van der Waals surface area contributed by atoms with E-state index in [0.717, 1.165) is 0 Å². The highest BCUT2D eigenvalue weighted by molar-refractivity contribution is 8.14. The second-order valence-electron chi connectivity index (χ2n) is 2.30. The number of esters is 1. The molecule has 0 aromatic heterocycles. The largest absolute Gasteiger partial charge is 0.466 e. The molecule has 0 aromatic rings. The van der Waals surface area contributed by atoms with E-state index in [4.69, 9.17) is 10.7 Å². The van der Waals surface area contributed by atoms with Gasteiger partial charge in [0.25, 0.3) is 0 Å². The molecule has 6 heteroatoms. The summed E-state index contributed by atoms with van der Waals surface area (Å²) in [6.45, 7) is 3.25. The van der Waals surface area contributed by atoms with E-state index in [0.29, 0.717) is 0 Å². The van der Waals surface area contributed by atoms with Crippen molar-refractivity contribution >= 4 is 25.7 Å². The quantitative estimate of drug-likeness (QED) is 0.515. The molecule has 0 aliphatic rings.